The first-order valence-corrected chi connectivity index (χ1v) is 9.23. The molecule has 3 aromatic rings. The number of hydrogen-bond donors (Lipinski definition) is 0. The highest BCUT2D eigenvalue weighted by Crippen LogP contribution is 2.23. The van der Waals surface area contributed by atoms with Gasteiger partial charge in [-0.25, -0.2) is 0 Å². The molecule has 0 aliphatic rings. The Morgan fingerprint density at radius 2 is 2.08 bits per heavy atom. The van der Waals surface area contributed by atoms with Crippen molar-refractivity contribution in [2.75, 3.05) is 0 Å². The van der Waals surface area contributed by atoms with E-state index in [-0.39, 0.29) is 16.3 Å². The van der Waals surface area contributed by atoms with Crippen LogP contribution in [0.25, 0.3) is 10.2 Å². The quantitative estimate of drug-likeness (QED) is 0.478. The number of amides is 1. The van der Waals surface area contributed by atoms with Crippen LogP contribution in [0.3, 0.4) is 0 Å². The molecule has 2 aromatic carbocycles. The Balaban J connectivity index is 2.15. The van der Waals surface area contributed by atoms with E-state index < -0.39 is 10.8 Å². The van der Waals surface area contributed by atoms with Gasteiger partial charge in [0.1, 0.15) is 0 Å². The van der Waals surface area contributed by atoms with E-state index in [0.29, 0.717) is 4.80 Å². The zero-order chi connectivity index (χ0) is 18.8. The van der Waals surface area contributed by atoms with Gasteiger partial charge in [0.05, 0.1) is 25.7 Å². The van der Waals surface area contributed by atoms with E-state index in [1.165, 1.54) is 23.5 Å². The monoisotopic (exact) mass is 389 g/mol. The minimum Gasteiger partial charge on any atom is -0.316 e. The molecule has 0 atom stereocenters. The molecular weight excluding hydrogens is 374 g/mol. The van der Waals surface area contributed by atoms with Gasteiger partial charge >= 0.3 is 0 Å². The minimum atomic E-state index is -0.591. The normalized spacial score (nSPS) is 11.9. The fraction of sp³-hybridized carbons (Fsp3) is 0.222. The molecule has 8 heteroatoms. The number of fused-ring (bicyclic) bond motifs is 1. The molecule has 1 amide bonds. The average molecular weight is 390 g/mol. The number of nitrogens with zero attached hydrogens (tertiary/aromatic N) is 3. The summed E-state index contributed by atoms with van der Waals surface area (Å²) in [7, 11) is 0. The summed E-state index contributed by atoms with van der Waals surface area (Å²) in [4.78, 5) is 27.8. The topological polar surface area (TPSA) is 77.5 Å². The van der Waals surface area contributed by atoms with Gasteiger partial charge in [0.15, 0.2) is 4.80 Å². The summed E-state index contributed by atoms with van der Waals surface area (Å²) < 4.78 is 3.03. The molecule has 0 saturated carbocycles. The summed E-state index contributed by atoms with van der Waals surface area (Å²) in [5, 5.41) is 11.1. The fourth-order valence-electron chi connectivity index (χ4n) is 2.64. The number of aryl methyl sites for hydroxylation is 2. The first-order valence-electron chi connectivity index (χ1n) is 8.03. The Kier molecular flexibility index (Phi) is 5.20. The van der Waals surface area contributed by atoms with Crippen molar-refractivity contribution in [2.45, 2.75) is 26.8 Å². The summed E-state index contributed by atoms with van der Waals surface area (Å²) in [6.07, 6.45) is 0.888. The third-order valence-electron chi connectivity index (χ3n) is 3.87. The highest BCUT2D eigenvalue weighted by atomic mass is 35.5. The van der Waals surface area contributed by atoms with E-state index in [1.54, 1.807) is 0 Å². The van der Waals surface area contributed by atoms with Crippen LogP contribution < -0.4 is 4.80 Å². The Labute approximate surface area is 158 Å². The summed E-state index contributed by atoms with van der Waals surface area (Å²) in [5.41, 5.74) is 1.97. The summed E-state index contributed by atoms with van der Waals surface area (Å²) in [6, 6.07) is 9.85. The maximum Gasteiger partial charge on any atom is 0.281 e. The molecule has 3 rings (SSSR count). The lowest BCUT2D eigenvalue weighted by Gasteiger charge is -2.03. The molecule has 0 unspecified atom stereocenters. The van der Waals surface area contributed by atoms with Gasteiger partial charge in [-0.05, 0) is 37.1 Å². The Morgan fingerprint density at radius 1 is 1.31 bits per heavy atom. The standard InChI is InChI=1S/C18H16ClN3O3S/c1-3-8-21-15-7-4-11(2)9-16(15)26-18(21)20-17(23)13-10-12(22(24)25)5-6-14(13)19/h4-7,9-10H,3,8H2,1-2H3. The van der Waals surface area contributed by atoms with Crippen LogP contribution in [0.5, 0.6) is 0 Å². The second-order valence-corrected chi connectivity index (χ2v) is 7.26. The molecule has 1 heterocycles. The fourth-order valence-corrected chi connectivity index (χ4v) is 3.99. The van der Waals surface area contributed by atoms with Crippen LogP contribution in [0.1, 0.15) is 29.3 Å². The van der Waals surface area contributed by atoms with Crippen molar-refractivity contribution in [1.82, 2.24) is 4.57 Å². The number of thiazole rings is 1. The number of benzene rings is 2. The molecule has 26 heavy (non-hydrogen) atoms. The van der Waals surface area contributed by atoms with Gasteiger partial charge in [0, 0.05) is 18.7 Å². The van der Waals surface area contributed by atoms with Crippen LogP contribution in [0.2, 0.25) is 5.02 Å². The molecule has 1 aromatic heterocycles. The van der Waals surface area contributed by atoms with Crippen LogP contribution in [-0.2, 0) is 6.54 Å². The molecule has 0 aliphatic carbocycles. The lowest BCUT2D eigenvalue weighted by atomic mass is 10.2. The van der Waals surface area contributed by atoms with E-state index in [9.17, 15) is 14.9 Å². The SMILES string of the molecule is CCCn1c(=NC(=O)c2cc([N+](=O)[O-])ccc2Cl)sc2cc(C)ccc21. The zero-order valence-electron chi connectivity index (χ0n) is 14.2. The number of nitro groups is 1. The van der Waals surface area contributed by atoms with Crippen molar-refractivity contribution in [3.63, 3.8) is 0 Å². The molecule has 0 spiro atoms. The molecule has 6 nitrogen and oxygen atoms in total. The number of carbonyl (C=O) groups is 1. The molecule has 134 valence electrons. The van der Waals surface area contributed by atoms with Crippen molar-refractivity contribution in [1.29, 1.82) is 0 Å². The highest BCUT2D eigenvalue weighted by Gasteiger charge is 2.16. The predicted molar refractivity (Wildman–Crippen MR) is 103 cm³/mol. The number of halogens is 1. The van der Waals surface area contributed by atoms with Crippen LogP contribution in [-0.4, -0.2) is 15.4 Å². The van der Waals surface area contributed by atoms with Crippen LogP contribution in [0.4, 0.5) is 5.69 Å². The number of hydrogen-bond acceptors (Lipinski definition) is 4. The molecule has 0 aliphatic heterocycles. The largest absolute Gasteiger partial charge is 0.316 e. The second-order valence-electron chi connectivity index (χ2n) is 5.85. The van der Waals surface area contributed by atoms with E-state index in [2.05, 4.69) is 11.1 Å². The third-order valence-corrected chi connectivity index (χ3v) is 5.24. The third kappa shape index (κ3) is 3.54. The van der Waals surface area contributed by atoms with Crippen LogP contribution in [0, 0.1) is 17.0 Å². The average Bonchev–Trinajstić information content (AvgIpc) is 2.91. The van der Waals surface area contributed by atoms with Gasteiger partial charge in [-0.2, -0.15) is 4.99 Å². The first kappa shape index (κ1) is 18.3. The van der Waals surface area contributed by atoms with Gasteiger partial charge in [0.25, 0.3) is 11.6 Å². The molecule has 0 N–H and O–H groups in total. The van der Waals surface area contributed by atoms with Gasteiger partial charge in [-0.3, -0.25) is 14.9 Å². The maximum absolute atomic E-state index is 12.6. The van der Waals surface area contributed by atoms with Crippen LogP contribution in [0.15, 0.2) is 41.4 Å². The number of carbonyl (C=O) groups excluding carboxylic acids is 1. The number of rotatable bonds is 4. The Bertz CT molecular complexity index is 1080. The Morgan fingerprint density at radius 3 is 2.77 bits per heavy atom. The molecular formula is C18H16ClN3O3S. The maximum atomic E-state index is 12.6. The summed E-state index contributed by atoms with van der Waals surface area (Å²) in [5.74, 6) is -0.591. The molecule has 0 fully saturated rings. The highest BCUT2D eigenvalue weighted by molar-refractivity contribution is 7.16. The lowest BCUT2D eigenvalue weighted by Crippen LogP contribution is -2.17. The number of aromatic nitrogens is 1. The first-order chi connectivity index (χ1) is 12.4. The molecule has 0 saturated heterocycles. The minimum absolute atomic E-state index is 0.0255. The zero-order valence-corrected chi connectivity index (χ0v) is 15.8. The van der Waals surface area contributed by atoms with Gasteiger partial charge < -0.3 is 4.57 Å². The second kappa shape index (κ2) is 7.39. The number of nitro benzene ring substituents is 1. The summed E-state index contributed by atoms with van der Waals surface area (Å²) in [6.45, 7) is 4.78. The summed E-state index contributed by atoms with van der Waals surface area (Å²) >= 11 is 7.47. The van der Waals surface area contributed by atoms with E-state index in [1.807, 2.05) is 30.5 Å². The lowest BCUT2D eigenvalue weighted by molar-refractivity contribution is -0.384. The van der Waals surface area contributed by atoms with Crippen molar-refractivity contribution in [3.05, 3.63) is 67.5 Å². The molecule has 0 radical (unpaired) electrons. The van der Waals surface area contributed by atoms with E-state index in [0.717, 1.165) is 34.8 Å². The van der Waals surface area contributed by atoms with Crippen molar-refractivity contribution >= 4 is 44.7 Å². The van der Waals surface area contributed by atoms with E-state index in [4.69, 9.17) is 11.6 Å². The smallest absolute Gasteiger partial charge is 0.281 e. The molecule has 0 bridgehead atoms. The van der Waals surface area contributed by atoms with Gasteiger partial charge in [-0.1, -0.05) is 35.9 Å². The number of non-ortho nitro benzene ring substituents is 1. The van der Waals surface area contributed by atoms with Crippen molar-refractivity contribution < 1.29 is 9.72 Å². The van der Waals surface area contributed by atoms with Crippen molar-refractivity contribution in [2.24, 2.45) is 4.99 Å². The predicted octanol–water partition coefficient (Wildman–Crippen LogP) is 4.72. The Hall–Kier alpha value is -2.51. The van der Waals surface area contributed by atoms with Gasteiger partial charge in [-0.15, -0.1) is 0 Å². The van der Waals surface area contributed by atoms with Crippen molar-refractivity contribution in [3.8, 4) is 0 Å². The van der Waals surface area contributed by atoms with E-state index >= 15 is 0 Å². The van der Waals surface area contributed by atoms with Gasteiger partial charge in [0.2, 0.25) is 0 Å². The van der Waals surface area contributed by atoms with Crippen LogP contribution >= 0.6 is 22.9 Å².